The van der Waals surface area contributed by atoms with E-state index < -0.39 is 0 Å². The SMILES string of the molecule is Cc1nc(CSCCC(=O)NC2(CO)CCCC2)cs1. The Labute approximate surface area is 128 Å². The van der Waals surface area contributed by atoms with Crippen LogP contribution >= 0.6 is 23.1 Å². The van der Waals surface area contributed by atoms with E-state index in [9.17, 15) is 9.90 Å². The second-order valence-corrected chi connectivity index (χ2v) is 7.52. The van der Waals surface area contributed by atoms with Crippen molar-refractivity contribution in [3.05, 3.63) is 16.1 Å². The number of thioether (sulfide) groups is 1. The molecule has 1 fully saturated rings. The van der Waals surface area contributed by atoms with Crippen molar-refractivity contribution in [2.75, 3.05) is 12.4 Å². The zero-order valence-corrected chi connectivity index (χ0v) is 13.5. The van der Waals surface area contributed by atoms with Crippen LogP contribution in [0.1, 0.15) is 42.8 Å². The molecule has 1 aliphatic carbocycles. The summed E-state index contributed by atoms with van der Waals surface area (Å²) < 4.78 is 0. The van der Waals surface area contributed by atoms with Gasteiger partial charge in [-0.2, -0.15) is 11.8 Å². The maximum Gasteiger partial charge on any atom is 0.221 e. The van der Waals surface area contributed by atoms with E-state index in [-0.39, 0.29) is 18.1 Å². The van der Waals surface area contributed by atoms with Gasteiger partial charge in [-0.1, -0.05) is 12.8 Å². The standard InChI is InChI=1S/C14H22N2O2S2/c1-11-15-12(9-20-11)8-19-7-4-13(18)16-14(10-17)5-2-3-6-14/h9,17H,2-8,10H2,1H3,(H,16,18). The number of aromatic nitrogens is 1. The summed E-state index contributed by atoms with van der Waals surface area (Å²) in [6.07, 6.45) is 4.51. The van der Waals surface area contributed by atoms with Crippen LogP contribution in [0.15, 0.2) is 5.38 Å². The summed E-state index contributed by atoms with van der Waals surface area (Å²) in [6, 6.07) is 0. The molecule has 4 nitrogen and oxygen atoms in total. The number of aliphatic hydroxyl groups is 1. The van der Waals surface area contributed by atoms with Crippen molar-refractivity contribution in [3.8, 4) is 0 Å². The van der Waals surface area contributed by atoms with Gasteiger partial charge in [0.05, 0.1) is 22.8 Å². The molecule has 0 radical (unpaired) electrons. The molecule has 1 aliphatic rings. The molecular weight excluding hydrogens is 292 g/mol. The second-order valence-electron chi connectivity index (χ2n) is 5.35. The van der Waals surface area contributed by atoms with Crippen LogP contribution in [0, 0.1) is 6.92 Å². The summed E-state index contributed by atoms with van der Waals surface area (Å²) in [5, 5.41) is 15.6. The van der Waals surface area contributed by atoms with Crippen LogP contribution in [0.4, 0.5) is 0 Å². The van der Waals surface area contributed by atoms with Crippen molar-refractivity contribution >= 4 is 29.0 Å². The second kappa shape index (κ2) is 7.43. The van der Waals surface area contributed by atoms with E-state index in [4.69, 9.17) is 0 Å². The highest BCUT2D eigenvalue weighted by Crippen LogP contribution is 2.29. The zero-order valence-electron chi connectivity index (χ0n) is 11.9. The number of nitrogens with zero attached hydrogens (tertiary/aromatic N) is 1. The Kier molecular flexibility index (Phi) is 5.86. The van der Waals surface area contributed by atoms with Gasteiger partial charge >= 0.3 is 0 Å². The average molecular weight is 314 g/mol. The highest BCUT2D eigenvalue weighted by Gasteiger charge is 2.34. The van der Waals surface area contributed by atoms with Crippen molar-refractivity contribution in [1.82, 2.24) is 10.3 Å². The summed E-state index contributed by atoms with van der Waals surface area (Å²) in [5.74, 6) is 1.72. The first-order valence-corrected chi connectivity index (χ1v) is 9.08. The third-order valence-corrected chi connectivity index (χ3v) is 5.47. The van der Waals surface area contributed by atoms with Crippen LogP contribution in [0.2, 0.25) is 0 Å². The Morgan fingerprint density at radius 1 is 1.55 bits per heavy atom. The molecule has 1 amide bonds. The summed E-state index contributed by atoms with van der Waals surface area (Å²) in [4.78, 5) is 16.3. The molecule has 2 rings (SSSR count). The number of aliphatic hydroxyl groups excluding tert-OH is 1. The van der Waals surface area contributed by atoms with Gasteiger partial charge in [0.1, 0.15) is 0 Å². The molecule has 20 heavy (non-hydrogen) atoms. The van der Waals surface area contributed by atoms with Crippen molar-refractivity contribution in [2.45, 2.75) is 50.3 Å². The summed E-state index contributed by atoms with van der Waals surface area (Å²) >= 11 is 3.39. The molecule has 0 aliphatic heterocycles. The lowest BCUT2D eigenvalue weighted by molar-refractivity contribution is -0.123. The van der Waals surface area contributed by atoms with E-state index in [2.05, 4.69) is 15.7 Å². The van der Waals surface area contributed by atoms with Gasteiger partial charge < -0.3 is 10.4 Å². The van der Waals surface area contributed by atoms with Crippen LogP contribution in [0.25, 0.3) is 0 Å². The predicted molar refractivity (Wildman–Crippen MR) is 84.1 cm³/mol. The third kappa shape index (κ3) is 4.46. The van der Waals surface area contributed by atoms with Crippen molar-refractivity contribution in [3.63, 3.8) is 0 Å². The van der Waals surface area contributed by atoms with Gasteiger partial charge in [-0.05, 0) is 19.8 Å². The lowest BCUT2D eigenvalue weighted by atomic mass is 9.99. The number of nitrogens with one attached hydrogen (secondary N) is 1. The topological polar surface area (TPSA) is 62.2 Å². The van der Waals surface area contributed by atoms with E-state index in [1.54, 1.807) is 23.1 Å². The average Bonchev–Trinajstić information content (AvgIpc) is 3.05. The van der Waals surface area contributed by atoms with Crippen molar-refractivity contribution in [1.29, 1.82) is 0 Å². The van der Waals surface area contributed by atoms with Crippen LogP contribution in [0.5, 0.6) is 0 Å². The largest absolute Gasteiger partial charge is 0.394 e. The molecule has 0 unspecified atom stereocenters. The first-order valence-electron chi connectivity index (χ1n) is 7.04. The fraction of sp³-hybridized carbons (Fsp3) is 0.714. The molecule has 0 bridgehead atoms. The minimum Gasteiger partial charge on any atom is -0.394 e. The normalized spacial score (nSPS) is 17.3. The van der Waals surface area contributed by atoms with Crippen LogP contribution in [-0.4, -0.2) is 33.9 Å². The number of hydrogen-bond donors (Lipinski definition) is 2. The Morgan fingerprint density at radius 3 is 2.90 bits per heavy atom. The molecule has 2 N–H and O–H groups in total. The molecule has 6 heteroatoms. The van der Waals surface area contributed by atoms with Crippen LogP contribution in [0.3, 0.4) is 0 Å². The monoisotopic (exact) mass is 314 g/mol. The Morgan fingerprint density at radius 2 is 2.30 bits per heavy atom. The maximum absolute atomic E-state index is 11.9. The number of carbonyl (C=O) groups excluding carboxylic acids is 1. The van der Waals surface area contributed by atoms with Gasteiger partial charge in [0.2, 0.25) is 5.91 Å². The van der Waals surface area contributed by atoms with Gasteiger partial charge in [-0.25, -0.2) is 4.98 Å². The third-order valence-electron chi connectivity index (χ3n) is 3.66. The fourth-order valence-corrected chi connectivity index (χ4v) is 4.10. The number of rotatable bonds is 7. The molecule has 0 spiro atoms. The molecule has 0 atom stereocenters. The smallest absolute Gasteiger partial charge is 0.221 e. The molecule has 0 saturated heterocycles. The van der Waals surface area contributed by atoms with E-state index >= 15 is 0 Å². The molecule has 1 heterocycles. The van der Waals surface area contributed by atoms with Crippen molar-refractivity contribution in [2.24, 2.45) is 0 Å². The number of amides is 1. The first kappa shape index (κ1) is 15.8. The van der Waals surface area contributed by atoms with Gasteiger partial charge in [0.25, 0.3) is 0 Å². The lowest BCUT2D eigenvalue weighted by Crippen LogP contribution is -2.49. The number of carbonyl (C=O) groups is 1. The van der Waals surface area contributed by atoms with Gasteiger partial charge in [-0.3, -0.25) is 4.79 Å². The van der Waals surface area contributed by atoms with E-state index in [0.717, 1.165) is 47.9 Å². The first-order chi connectivity index (χ1) is 9.63. The van der Waals surface area contributed by atoms with Gasteiger partial charge in [0, 0.05) is 23.3 Å². The fourth-order valence-electron chi connectivity index (χ4n) is 2.55. The van der Waals surface area contributed by atoms with E-state index in [0.29, 0.717) is 6.42 Å². The zero-order chi connectivity index (χ0) is 14.4. The Hall–Kier alpha value is -0.590. The maximum atomic E-state index is 11.9. The van der Waals surface area contributed by atoms with Gasteiger partial charge in [0.15, 0.2) is 0 Å². The van der Waals surface area contributed by atoms with Crippen molar-refractivity contribution < 1.29 is 9.90 Å². The Balaban J connectivity index is 1.65. The highest BCUT2D eigenvalue weighted by atomic mass is 32.2. The lowest BCUT2D eigenvalue weighted by Gasteiger charge is -2.27. The number of thiazole rings is 1. The minimum absolute atomic E-state index is 0.0582. The van der Waals surface area contributed by atoms with Crippen LogP contribution < -0.4 is 5.32 Å². The molecule has 1 aromatic heterocycles. The molecule has 1 saturated carbocycles. The Bertz CT molecular complexity index is 442. The quantitative estimate of drug-likeness (QED) is 0.759. The van der Waals surface area contributed by atoms with Gasteiger partial charge in [-0.15, -0.1) is 11.3 Å². The molecule has 112 valence electrons. The number of hydrogen-bond acceptors (Lipinski definition) is 5. The minimum atomic E-state index is -0.340. The number of aryl methyl sites for hydroxylation is 1. The summed E-state index contributed by atoms with van der Waals surface area (Å²) in [7, 11) is 0. The highest BCUT2D eigenvalue weighted by molar-refractivity contribution is 7.98. The summed E-state index contributed by atoms with van der Waals surface area (Å²) in [5.41, 5.74) is 0.758. The molecular formula is C14H22N2O2S2. The molecule has 0 aromatic carbocycles. The van der Waals surface area contributed by atoms with E-state index in [1.165, 1.54) is 0 Å². The molecule has 1 aromatic rings. The predicted octanol–water partition coefficient (Wildman–Crippen LogP) is 2.50. The van der Waals surface area contributed by atoms with E-state index in [1.807, 2.05) is 6.92 Å². The summed E-state index contributed by atoms with van der Waals surface area (Å²) in [6.45, 7) is 2.06. The van der Waals surface area contributed by atoms with Crippen LogP contribution in [-0.2, 0) is 10.5 Å².